The lowest BCUT2D eigenvalue weighted by Crippen LogP contribution is -2.06. The molecule has 82 valence electrons. The molecule has 0 atom stereocenters. The molecule has 0 fully saturated rings. The molecule has 1 aromatic heterocycles. The predicted molar refractivity (Wildman–Crippen MR) is 62.0 cm³/mol. The van der Waals surface area contributed by atoms with Crippen LogP contribution in [-0.2, 0) is 0 Å². The van der Waals surface area contributed by atoms with Crippen LogP contribution in [0, 0.1) is 0 Å². The first-order chi connectivity index (χ1) is 7.58. The maximum absolute atomic E-state index is 10.9. The van der Waals surface area contributed by atoms with Crippen molar-refractivity contribution in [3.05, 3.63) is 44.7 Å². The second-order valence-electron chi connectivity index (χ2n) is 3.09. The topological polar surface area (TPSA) is 66.0 Å². The zero-order valence-electron chi connectivity index (χ0n) is 7.87. The smallest absolute Gasteiger partial charge is 0.265 e. The zero-order chi connectivity index (χ0) is 11.7. The van der Waals surface area contributed by atoms with E-state index in [0.29, 0.717) is 10.6 Å². The monoisotopic (exact) mass is 256 g/mol. The Balaban J connectivity index is 2.67. The molecular formula is C10H6Cl2N2O2. The van der Waals surface area contributed by atoms with Gasteiger partial charge in [0.2, 0.25) is 0 Å². The molecule has 1 aromatic carbocycles. The molecule has 0 amide bonds. The fourth-order valence-corrected chi connectivity index (χ4v) is 1.68. The van der Waals surface area contributed by atoms with Crippen LogP contribution >= 0.6 is 23.2 Å². The van der Waals surface area contributed by atoms with E-state index in [4.69, 9.17) is 23.2 Å². The van der Waals surface area contributed by atoms with Crippen molar-refractivity contribution in [2.45, 2.75) is 0 Å². The van der Waals surface area contributed by atoms with Gasteiger partial charge in [-0.2, -0.15) is 5.10 Å². The molecule has 0 spiro atoms. The highest BCUT2D eigenvalue weighted by atomic mass is 35.5. The summed E-state index contributed by atoms with van der Waals surface area (Å²) in [5, 5.41) is 16.2. The zero-order valence-corrected chi connectivity index (χ0v) is 9.38. The van der Waals surface area contributed by atoms with Crippen LogP contribution in [0.25, 0.3) is 11.3 Å². The lowest BCUT2D eigenvalue weighted by molar-refractivity contribution is 0.477. The quantitative estimate of drug-likeness (QED) is 0.824. The maximum Gasteiger partial charge on any atom is 0.265 e. The Bertz CT molecular complexity index is 596. The molecule has 1 heterocycles. The average molecular weight is 257 g/mol. The minimum atomic E-state index is -0.407. The van der Waals surface area contributed by atoms with Gasteiger partial charge in [-0.05, 0) is 18.2 Å². The van der Waals surface area contributed by atoms with E-state index in [1.807, 2.05) is 0 Å². The van der Waals surface area contributed by atoms with Gasteiger partial charge in [-0.3, -0.25) is 4.79 Å². The highest BCUT2D eigenvalue weighted by Gasteiger charge is 2.11. The van der Waals surface area contributed by atoms with Crippen LogP contribution in [0.5, 0.6) is 5.75 Å². The number of rotatable bonds is 1. The summed E-state index contributed by atoms with van der Waals surface area (Å²) in [6, 6.07) is 5.68. The summed E-state index contributed by atoms with van der Waals surface area (Å²) in [5.74, 6) is -0.00847. The molecule has 4 nitrogen and oxygen atoms in total. The van der Waals surface area contributed by atoms with Crippen LogP contribution in [0.15, 0.2) is 29.1 Å². The number of nitrogens with one attached hydrogen (secondary N) is 1. The lowest BCUT2D eigenvalue weighted by atomic mass is 10.1. The molecule has 2 rings (SSSR count). The first-order valence-electron chi connectivity index (χ1n) is 4.32. The molecule has 0 aliphatic heterocycles. The number of hydrogen-bond donors (Lipinski definition) is 2. The van der Waals surface area contributed by atoms with Gasteiger partial charge >= 0.3 is 0 Å². The first-order valence-corrected chi connectivity index (χ1v) is 5.07. The van der Waals surface area contributed by atoms with Gasteiger partial charge in [0, 0.05) is 16.7 Å². The van der Waals surface area contributed by atoms with Crippen molar-refractivity contribution in [1.29, 1.82) is 0 Å². The maximum atomic E-state index is 10.9. The van der Waals surface area contributed by atoms with Crippen molar-refractivity contribution in [3.63, 3.8) is 0 Å². The van der Waals surface area contributed by atoms with Gasteiger partial charge in [0.1, 0.15) is 11.4 Å². The predicted octanol–water partition coefficient (Wildman–Crippen LogP) is 2.45. The van der Waals surface area contributed by atoms with E-state index in [1.165, 1.54) is 18.2 Å². The number of halogens is 2. The number of phenolic OH excluding ortho intramolecular Hbond substituents is 1. The van der Waals surface area contributed by atoms with Crippen molar-refractivity contribution < 1.29 is 5.11 Å². The molecule has 2 aromatic rings. The minimum Gasteiger partial charge on any atom is -0.507 e. The fourth-order valence-electron chi connectivity index (χ4n) is 1.27. The van der Waals surface area contributed by atoms with Gasteiger partial charge in [0.05, 0.1) is 5.02 Å². The van der Waals surface area contributed by atoms with Gasteiger partial charge in [-0.15, -0.1) is 0 Å². The number of aromatic amines is 1. The van der Waals surface area contributed by atoms with Crippen molar-refractivity contribution in [3.8, 4) is 17.0 Å². The second kappa shape index (κ2) is 4.15. The summed E-state index contributed by atoms with van der Waals surface area (Å²) >= 11 is 11.6. The van der Waals surface area contributed by atoms with Crippen LogP contribution in [0.1, 0.15) is 0 Å². The average Bonchev–Trinajstić information content (AvgIpc) is 2.22. The standard InChI is InChI=1S/C10H6Cl2N2O2/c11-5-1-2-8(15)6(3-5)10-7(12)4-9(16)13-14-10/h1-4,15H,(H,13,16). The van der Waals surface area contributed by atoms with Gasteiger partial charge < -0.3 is 5.11 Å². The minimum absolute atomic E-state index is 0.00847. The number of H-pyrrole nitrogens is 1. The summed E-state index contributed by atoms with van der Waals surface area (Å²) in [5.41, 5.74) is 0.241. The van der Waals surface area contributed by atoms with Gasteiger partial charge in [0.15, 0.2) is 0 Å². The number of aromatic hydroxyl groups is 1. The van der Waals surface area contributed by atoms with E-state index < -0.39 is 5.56 Å². The Morgan fingerprint density at radius 3 is 2.69 bits per heavy atom. The van der Waals surface area contributed by atoms with Crippen LogP contribution in [0.2, 0.25) is 10.0 Å². The molecule has 0 saturated heterocycles. The summed E-state index contributed by atoms with van der Waals surface area (Å²) in [6.45, 7) is 0. The molecule has 0 bridgehead atoms. The number of nitrogens with zero attached hydrogens (tertiary/aromatic N) is 1. The van der Waals surface area contributed by atoms with Gasteiger partial charge in [0.25, 0.3) is 5.56 Å². The Labute approximate surface area is 100 Å². The third-order valence-corrected chi connectivity index (χ3v) is 2.50. The largest absolute Gasteiger partial charge is 0.507 e. The Morgan fingerprint density at radius 1 is 1.25 bits per heavy atom. The number of benzene rings is 1. The summed E-state index contributed by atoms with van der Waals surface area (Å²) < 4.78 is 0. The third-order valence-electron chi connectivity index (χ3n) is 1.98. The molecule has 0 radical (unpaired) electrons. The Hall–Kier alpha value is -1.52. The number of aromatic nitrogens is 2. The highest BCUT2D eigenvalue weighted by Crippen LogP contribution is 2.33. The molecule has 0 unspecified atom stereocenters. The first kappa shape index (κ1) is 11.0. The van der Waals surface area contributed by atoms with E-state index in [1.54, 1.807) is 6.07 Å². The lowest BCUT2D eigenvalue weighted by Gasteiger charge is -2.05. The van der Waals surface area contributed by atoms with E-state index >= 15 is 0 Å². The molecule has 0 aliphatic carbocycles. The van der Waals surface area contributed by atoms with Crippen molar-refractivity contribution in [1.82, 2.24) is 10.2 Å². The number of phenols is 1. The molecule has 0 aliphatic rings. The van der Waals surface area contributed by atoms with E-state index in [2.05, 4.69) is 10.2 Å². The second-order valence-corrected chi connectivity index (χ2v) is 3.93. The van der Waals surface area contributed by atoms with E-state index in [0.717, 1.165) is 0 Å². The summed E-state index contributed by atoms with van der Waals surface area (Å²) in [6.07, 6.45) is 0. The van der Waals surface area contributed by atoms with Crippen LogP contribution in [0.4, 0.5) is 0 Å². The Morgan fingerprint density at radius 2 is 2.00 bits per heavy atom. The van der Waals surface area contributed by atoms with Crippen LogP contribution in [-0.4, -0.2) is 15.3 Å². The molecule has 6 heteroatoms. The molecular weight excluding hydrogens is 251 g/mol. The highest BCUT2D eigenvalue weighted by molar-refractivity contribution is 6.33. The third kappa shape index (κ3) is 2.03. The van der Waals surface area contributed by atoms with Crippen molar-refractivity contribution in [2.24, 2.45) is 0 Å². The van der Waals surface area contributed by atoms with Gasteiger partial charge in [-0.1, -0.05) is 23.2 Å². The number of hydrogen-bond acceptors (Lipinski definition) is 3. The fraction of sp³-hybridized carbons (Fsp3) is 0. The van der Waals surface area contributed by atoms with Crippen LogP contribution in [0.3, 0.4) is 0 Å². The van der Waals surface area contributed by atoms with Crippen molar-refractivity contribution in [2.75, 3.05) is 0 Å². The van der Waals surface area contributed by atoms with E-state index in [9.17, 15) is 9.90 Å². The summed E-state index contributed by atoms with van der Waals surface area (Å²) in [4.78, 5) is 10.9. The Kier molecular flexibility index (Phi) is 2.85. The SMILES string of the molecule is O=c1cc(Cl)c(-c2cc(Cl)ccc2O)n[nH]1. The van der Waals surface area contributed by atoms with Crippen LogP contribution < -0.4 is 5.56 Å². The van der Waals surface area contributed by atoms with Crippen molar-refractivity contribution >= 4 is 23.2 Å². The molecule has 0 saturated carbocycles. The molecule has 2 N–H and O–H groups in total. The normalized spacial score (nSPS) is 10.4. The van der Waals surface area contributed by atoms with E-state index in [-0.39, 0.29) is 16.5 Å². The molecule has 16 heavy (non-hydrogen) atoms. The summed E-state index contributed by atoms with van der Waals surface area (Å²) in [7, 11) is 0. The van der Waals surface area contributed by atoms with Gasteiger partial charge in [-0.25, -0.2) is 5.10 Å².